The van der Waals surface area contributed by atoms with Gasteiger partial charge in [0.05, 0.1) is 6.61 Å². The van der Waals surface area contributed by atoms with Crippen LogP contribution in [0, 0.1) is 0 Å². The number of hydrogen-bond acceptors (Lipinski definition) is 2. The number of nitrogens with zero attached hydrogens (tertiary/aromatic N) is 1. The molecule has 0 saturated heterocycles. The Labute approximate surface area is 124 Å². The van der Waals surface area contributed by atoms with Crippen molar-refractivity contribution in [2.45, 2.75) is 6.18 Å². The van der Waals surface area contributed by atoms with E-state index in [1.165, 1.54) is 12.1 Å². The molecule has 1 aromatic rings. The third kappa shape index (κ3) is 5.50. The van der Waals surface area contributed by atoms with Gasteiger partial charge in [-0.05, 0) is 18.2 Å². The molecule has 8 heteroatoms. The third-order valence-corrected chi connectivity index (χ3v) is 3.05. The summed E-state index contributed by atoms with van der Waals surface area (Å²) in [5.74, 6) is -0.784. The van der Waals surface area contributed by atoms with E-state index < -0.39 is 25.2 Å². The number of alkyl halides is 3. The first-order valence-electron chi connectivity index (χ1n) is 5.16. The van der Waals surface area contributed by atoms with Crippen LogP contribution in [0.4, 0.5) is 13.2 Å². The molecule has 0 fully saturated rings. The van der Waals surface area contributed by atoms with Crippen LogP contribution in [0.1, 0.15) is 10.4 Å². The quantitative estimate of drug-likeness (QED) is 0.837. The fraction of sp³-hybridized carbons (Fsp3) is 0.364. The van der Waals surface area contributed by atoms with Crippen molar-refractivity contribution < 1.29 is 23.1 Å². The average molecular weight is 405 g/mol. The second kappa shape index (κ2) is 6.71. The molecule has 0 aliphatic rings. The van der Waals surface area contributed by atoms with E-state index in [2.05, 4.69) is 31.9 Å². The van der Waals surface area contributed by atoms with Gasteiger partial charge in [0.25, 0.3) is 5.91 Å². The Morgan fingerprint density at radius 1 is 1.21 bits per heavy atom. The molecule has 0 radical (unpaired) electrons. The fourth-order valence-electron chi connectivity index (χ4n) is 1.45. The Kier molecular flexibility index (Phi) is 5.82. The second-order valence-corrected chi connectivity index (χ2v) is 5.55. The zero-order valence-electron chi connectivity index (χ0n) is 9.55. The summed E-state index contributed by atoms with van der Waals surface area (Å²) in [4.78, 5) is 12.6. The van der Waals surface area contributed by atoms with Crippen LogP contribution in [0.2, 0.25) is 0 Å². The SMILES string of the molecule is O=C(c1cc(Br)cc(Br)c1)N(CCO)CC(F)(F)F. The van der Waals surface area contributed by atoms with Crippen LogP contribution in [0.15, 0.2) is 27.1 Å². The van der Waals surface area contributed by atoms with Crippen LogP contribution < -0.4 is 0 Å². The number of amides is 1. The molecule has 3 nitrogen and oxygen atoms in total. The molecule has 0 saturated carbocycles. The monoisotopic (exact) mass is 403 g/mol. The molecule has 1 rings (SSSR count). The standard InChI is InChI=1S/C11H10Br2F3NO2/c12-8-3-7(4-9(13)5-8)10(19)17(1-2-18)6-11(14,15)16/h3-5,18H,1-2,6H2. The minimum absolute atomic E-state index is 0.110. The number of hydrogen-bond donors (Lipinski definition) is 1. The highest BCUT2D eigenvalue weighted by molar-refractivity contribution is 9.11. The molecular formula is C11H10Br2F3NO2. The number of aliphatic hydroxyl groups is 1. The fourth-order valence-corrected chi connectivity index (χ4v) is 2.74. The van der Waals surface area contributed by atoms with Crippen LogP contribution in [0.3, 0.4) is 0 Å². The van der Waals surface area contributed by atoms with E-state index >= 15 is 0 Å². The first-order valence-corrected chi connectivity index (χ1v) is 6.74. The van der Waals surface area contributed by atoms with Gasteiger partial charge in [-0.25, -0.2) is 0 Å². The van der Waals surface area contributed by atoms with Crippen LogP contribution >= 0.6 is 31.9 Å². The first kappa shape index (κ1) is 16.5. The molecule has 0 heterocycles. The van der Waals surface area contributed by atoms with Gasteiger partial charge >= 0.3 is 6.18 Å². The van der Waals surface area contributed by atoms with Gasteiger partial charge in [-0.1, -0.05) is 31.9 Å². The number of rotatable bonds is 4. The zero-order chi connectivity index (χ0) is 14.6. The lowest BCUT2D eigenvalue weighted by atomic mass is 10.2. The van der Waals surface area contributed by atoms with Gasteiger partial charge in [-0.3, -0.25) is 4.79 Å². The van der Waals surface area contributed by atoms with Crippen LogP contribution in [-0.2, 0) is 0 Å². The maximum atomic E-state index is 12.4. The van der Waals surface area contributed by atoms with Crippen molar-refractivity contribution in [3.05, 3.63) is 32.7 Å². The van der Waals surface area contributed by atoms with Crippen molar-refractivity contribution in [2.75, 3.05) is 19.7 Å². The molecule has 0 unspecified atom stereocenters. The van der Waals surface area contributed by atoms with Gasteiger partial charge in [-0.15, -0.1) is 0 Å². The summed E-state index contributed by atoms with van der Waals surface area (Å²) in [6, 6.07) is 4.51. The van der Waals surface area contributed by atoms with Crippen molar-refractivity contribution in [1.29, 1.82) is 0 Å². The predicted molar refractivity (Wildman–Crippen MR) is 70.9 cm³/mol. The van der Waals surface area contributed by atoms with Crippen LogP contribution in [0.25, 0.3) is 0 Å². The van der Waals surface area contributed by atoms with Crippen molar-refractivity contribution >= 4 is 37.8 Å². The van der Waals surface area contributed by atoms with Crippen molar-refractivity contribution in [3.8, 4) is 0 Å². The number of aliphatic hydroxyl groups excluding tert-OH is 1. The lowest BCUT2D eigenvalue weighted by molar-refractivity contribution is -0.141. The highest BCUT2D eigenvalue weighted by atomic mass is 79.9. The Morgan fingerprint density at radius 2 is 1.74 bits per heavy atom. The lowest BCUT2D eigenvalue weighted by Gasteiger charge is -2.23. The van der Waals surface area contributed by atoms with E-state index in [4.69, 9.17) is 5.11 Å². The second-order valence-electron chi connectivity index (χ2n) is 3.72. The maximum Gasteiger partial charge on any atom is 0.406 e. The van der Waals surface area contributed by atoms with E-state index in [1.54, 1.807) is 6.07 Å². The van der Waals surface area contributed by atoms with Gasteiger partial charge < -0.3 is 10.0 Å². The summed E-state index contributed by atoms with van der Waals surface area (Å²) in [6.07, 6.45) is -4.51. The van der Waals surface area contributed by atoms with E-state index in [9.17, 15) is 18.0 Å². The first-order chi connectivity index (χ1) is 8.73. The zero-order valence-corrected chi connectivity index (χ0v) is 12.7. The van der Waals surface area contributed by atoms with E-state index in [1.807, 2.05) is 0 Å². The molecule has 106 valence electrons. The smallest absolute Gasteiger partial charge is 0.395 e. The highest BCUT2D eigenvalue weighted by Crippen LogP contribution is 2.23. The maximum absolute atomic E-state index is 12.4. The molecule has 0 aliphatic carbocycles. The van der Waals surface area contributed by atoms with Gasteiger partial charge in [0, 0.05) is 21.1 Å². The molecule has 0 atom stereocenters. The van der Waals surface area contributed by atoms with Crippen molar-refractivity contribution in [3.63, 3.8) is 0 Å². The summed E-state index contributed by atoms with van der Waals surface area (Å²) in [5.41, 5.74) is 0.110. The van der Waals surface area contributed by atoms with Crippen molar-refractivity contribution in [2.24, 2.45) is 0 Å². The minimum atomic E-state index is -4.51. The number of halogens is 5. The summed E-state index contributed by atoms with van der Waals surface area (Å²) in [5, 5.41) is 8.76. The Bertz CT molecular complexity index is 445. The number of carbonyl (C=O) groups excluding carboxylic acids is 1. The van der Waals surface area contributed by atoms with Crippen molar-refractivity contribution in [1.82, 2.24) is 4.90 Å². The number of benzene rings is 1. The average Bonchev–Trinajstić information content (AvgIpc) is 2.24. The summed E-state index contributed by atoms with van der Waals surface area (Å²) in [7, 11) is 0. The molecule has 0 aliphatic heterocycles. The summed E-state index contributed by atoms with van der Waals surface area (Å²) < 4.78 is 38.3. The van der Waals surface area contributed by atoms with E-state index in [0.29, 0.717) is 13.8 Å². The van der Waals surface area contributed by atoms with Crippen LogP contribution in [-0.4, -0.2) is 41.8 Å². The summed E-state index contributed by atoms with van der Waals surface area (Å²) >= 11 is 6.32. The summed E-state index contributed by atoms with van der Waals surface area (Å²) in [6.45, 7) is -2.30. The molecule has 0 aromatic heterocycles. The lowest BCUT2D eigenvalue weighted by Crippen LogP contribution is -2.40. The van der Waals surface area contributed by atoms with E-state index in [0.717, 1.165) is 0 Å². The Hall–Kier alpha value is -0.600. The molecule has 19 heavy (non-hydrogen) atoms. The molecular weight excluding hydrogens is 395 g/mol. The molecule has 0 spiro atoms. The molecule has 1 aromatic carbocycles. The predicted octanol–water partition coefficient (Wildman–Crippen LogP) is 3.21. The van der Waals surface area contributed by atoms with Crippen LogP contribution in [0.5, 0.6) is 0 Å². The molecule has 1 amide bonds. The molecule has 0 bridgehead atoms. The van der Waals surface area contributed by atoms with Gasteiger partial charge in [0.1, 0.15) is 6.54 Å². The topological polar surface area (TPSA) is 40.5 Å². The molecule has 1 N–H and O–H groups in total. The van der Waals surface area contributed by atoms with Gasteiger partial charge in [-0.2, -0.15) is 13.2 Å². The minimum Gasteiger partial charge on any atom is -0.395 e. The normalized spacial score (nSPS) is 11.5. The largest absolute Gasteiger partial charge is 0.406 e. The van der Waals surface area contributed by atoms with Gasteiger partial charge in [0.15, 0.2) is 0 Å². The Balaban J connectivity index is 2.98. The third-order valence-electron chi connectivity index (χ3n) is 2.14. The van der Waals surface area contributed by atoms with Gasteiger partial charge in [0.2, 0.25) is 0 Å². The Morgan fingerprint density at radius 3 is 2.16 bits per heavy atom. The number of carbonyl (C=O) groups is 1. The highest BCUT2D eigenvalue weighted by Gasteiger charge is 2.33. The van der Waals surface area contributed by atoms with E-state index in [-0.39, 0.29) is 12.1 Å².